The first-order valence-corrected chi connectivity index (χ1v) is 11.1. The van der Waals surface area contributed by atoms with Crippen molar-refractivity contribution < 1.29 is 4.79 Å². The molecule has 1 aliphatic heterocycles. The fourth-order valence-electron chi connectivity index (χ4n) is 3.65. The van der Waals surface area contributed by atoms with E-state index in [0.29, 0.717) is 21.6 Å². The van der Waals surface area contributed by atoms with Gasteiger partial charge in [-0.1, -0.05) is 71.2 Å². The number of benzene rings is 3. The highest BCUT2D eigenvalue weighted by molar-refractivity contribution is 6.31. The van der Waals surface area contributed by atoms with Crippen LogP contribution in [0.3, 0.4) is 0 Å². The van der Waals surface area contributed by atoms with E-state index in [1.165, 1.54) is 5.56 Å². The second-order valence-electron chi connectivity index (χ2n) is 7.74. The first-order chi connectivity index (χ1) is 16.0. The van der Waals surface area contributed by atoms with Crippen molar-refractivity contribution in [2.45, 2.75) is 13.0 Å². The van der Waals surface area contributed by atoms with Gasteiger partial charge in [-0.2, -0.15) is 4.98 Å². The first-order valence-electron chi connectivity index (χ1n) is 10.3. The molecule has 172 valence electrons. The molecule has 0 saturated carbocycles. The van der Waals surface area contributed by atoms with Crippen LogP contribution in [-0.2, 0) is 0 Å². The molecule has 0 saturated heterocycles. The largest absolute Gasteiger partial charge is 0.324 e. The number of amides is 1. The van der Waals surface area contributed by atoms with Crippen molar-refractivity contribution in [3.63, 3.8) is 0 Å². The highest BCUT2D eigenvalue weighted by Crippen LogP contribution is 2.33. The molecule has 5 rings (SSSR count). The predicted octanol–water partition coefficient (Wildman–Crippen LogP) is 6.62. The van der Waals surface area contributed by atoms with Crippen LogP contribution in [-0.4, -0.2) is 20.7 Å². The summed E-state index contributed by atoms with van der Waals surface area (Å²) in [5, 5.41) is 11.8. The van der Waals surface area contributed by atoms with Crippen LogP contribution in [0.5, 0.6) is 0 Å². The number of halogens is 3. The van der Waals surface area contributed by atoms with Crippen molar-refractivity contribution in [1.29, 1.82) is 0 Å². The predicted molar refractivity (Wildman–Crippen MR) is 139 cm³/mol. The molecule has 6 nitrogen and oxygen atoms in total. The second-order valence-corrected chi connectivity index (χ2v) is 8.61. The highest BCUT2D eigenvalue weighted by atomic mass is 35.5. The summed E-state index contributed by atoms with van der Waals surface area (Å²) in [5.74, 6) is 0.379. The molecular formula is C25H20Cl3N5O. The number of hydrogen-bond donors (Lipinski definition) is 2. The topological polar surface area (TPSA) is 71.8 Å². The number of hydrogen-bond acceptors (Lipinski definition) is 4. The van der Waals surface area contributed by atoms with Gasteiger partial charge in [-0.15, -0.1) is 17.5 Å². The molecule has 1 unspecified atom stereocenters. The zero-order valence-corrected chi connectivity index (χ0v) is 20.3. The Bertz CT molecular complexity index is 1360. The Morgan fingerprint density at radius 1 is 1.00 bits per heavy atom. The smallest absolute Gasteiger partial charge is 0.258 e. The second kappa shape index (κ2) is 9.89. The van der Waals surface area contributed by atoms with E-state index in [0.717, 1.165) is 16.8 Å². The fourth-order valence-corrected chi connectivity index (χ4v) is 3.96. The van der Waals surface area contributed by atoms with Crippen LogP contribution in [0.25, 0.3) is 5.70 Å². The van der Waals surface area contributed by atoms with Gasteiger partial charge >= 0.3 is 0 Å². The van der Waals surface area contributed by atoms with E-state index in [1.807, 2.05) is 24.3 Å². The Hall–Kier alpha value is -3.32. The number of carbonyl (C=O) groups excluding carboxylic acids is 1. The molecule has 0 spiro atoms. The van der Waals surface area contributed by atoms with E-state index >= 15 is 0 Å². The molecule has 4 aromatic rings. The van der Waals surface area contributed by atoms with Gasteiger partial charge in [-0.05, 0) is 54.5 Å². The molecule has 2 heterocycles. The normalized spacial score (nSPS) is 14.3. The number of aryl methyl sites for hydroxylation is 1. The average molecular weight is 513 g/mol. The number of allylic oxidation sites excluding steroid dienone is 1. The Kier molecular flexibility index (Phi) is 6.93. The van der Waals surface area contributed by atoms with Crippen LogP contribution in [0.1, 0.15) is 33.1 Å². The van der Waals surface area contributed by atoms with Gasteiger partial charge in [-0.25, -0.2) is 4.68 Å². The lowest BCUT2D eigenvalue weighted by atomic mass is 10.0. The molecule has 0 bridgehead atoms. The third-order valence-corrected chi connectivity index (χ3v) is 5.84. The molecule has 1 atom stereocenters. The van der Waals surface area contributed by atoms with Crippen molar-refractivity contribution in [1.82, 2.24) is 14.8 Å². The minimum absolute atomic E-state index is 0. The highest BCUT2D eigenvalue weighted by Gasteiger charge is 2.26. The van der Waals surface area contributed by atoms with Gasteiger partial charge in [-0.3, -0.25) is 10.1 Å². The Morgan fingerprint density at radius 2 is 1.74 bits per heavy atom. The van der Waals surface area contributed by atoms with E-state index in [9.17, 15) is 4.79 Å². The van der Waals surface area contributed by atoms with Gasteiger partial charge in [0.2, 0.25) is 5.95 Å². The zero-order valence-electron chi connectivity index (χ0n) is 18.0. The first kappa shape index (κ1) is 23.8. The maximum Gasteiger partial charge on any atom is 0.258 e. The minimum atomic E-state index is -0.338. The third kappa shape index (κ3) is 4.94. The van der Waals surface area contributed by atoms with E-state index < -0.39 is 0 Å². The number of rotatable bonds is 4. The van der Waals surface area contributed by atoms with E-state index in [-0.39, 0.29) is 30.3 Å². The molecule has 1 aliphatic rings. The molecule has 9 heteroatoms. The molecular weight excluding hydrogens is 493 g/mol. The van der Waals surface area contributed by atoms with Gasteiger partial charge in [0.15, 0.2) is 0 Å². The summed E-state index contributed by atoms with van der Waals surface area (Å²) in [4.78, 5) is 17.2. The summed E-state index contributed by atoms with van der Waals surface area (Å²) in [7, 11) is 0. The summed E-state index contributed by atoms with van der Waals surface area (Å²) in [5.41, 5.74) is 4.53. The van der Waals surface area contributed by atoms with Gasteiger partial charge < -0.3 is 5.32 Å². The lowest BCUT2D eigenvalue weighted by molar-refractivity contribution is 0.102. The summed E-state index contributed by atoms with van der Waals surface area (Å²) in [6.45, 7) is 2.05. The quantitative estimate of drug-likeness (QED) is 0.322. The lowest BCUT2D eigenvalue weighted by Gasteiger charge is -2.24. The van der Waals surface area contributed by atoms with Crippen molar-refractivity contribution in [2.24, 2.45) is 0 Å². The molecule has 0 fully saturated rings. The molecule has 34 heavy (non-hydrogen) atoms. The monoisotopic (exact) mass is 511 g/mol. The molecule has 2 N–H and O–H groups in total. The summed E-state index contributed by atoms with van der Waals surface area (Å²) < 4.78 is 1.74. The Morgan fingerprint density at radius 3 is 2.44 bits per heavy atom. The number of nitrogens with one attached hydrogen (secondary N) is 2. The lowest BCUT2D eigenvalue weighted by Crippen LogP contribution is -2.20. The standard InChI is InChI=1S/C25H19Cl2N5O.ClH/c1-15-5-7-16(8-6-15)21-14-22(17-9-11-19(26)12-10-17)32-25(28-21)30-24(31-32)29-23(33)18-3-2-4-20(27)13-18;/h2-14,22H,1H3,(H2,28,29,30,31,33);1H. The van der Waals surface area contributed by atoms with Crippen LogP contribution in [0.4, 0.5) is 11.9 Å². The molecule has 0 aliphatic carbocycles. The minimum Gasteiger partial charge on any atom is -0.324 e. The zero-order chi connectivity index (χ0) is 22.9. The molecule has 3 aromatic carbocycles. The van der Waals surface area contributed by atoms with Crippen LogP contribution in [0, 0.1) is 6.92 Å². The number of fused-ring (bicyclic) bond motifs is 1. The van der Waals surface area contributed by atoms with Crippen molar-refractivity contribution >= 4 is 59.1 Å². The number of anilines is 2. The molecule has 1 amide bonds. The van der Waals surface area contributed by atoms with Crippen molar-refractivity contribution in [3.05, 3.63) is 111 Å². The SMILES string of the molecule is Cc1ccc(C2=CC(c3ccc(Cl)cc3)n3nc(NC(=O)c4cccc(Cl)c4)nc3N2)cc1.Cl. The van der Waals surface area contributed by atoms with Crippen molar-refractivity contribution in [2.75, 3.05) is 10.6 Å². The van der Waals surface area contributed by atoms with Gasteiger partial charge in [0.1, 0.15) is 6.04 Å². The summed E-state index contributed by atoms with van der Waals surface area (Å²) in [6, 6.07) is 22.3. The van der Waals surface area contributed by atoms with E-state index in [4.69, 9.17) is 23.2 Å². The molecule has 0 radical (unpaired) electrons. The Labute approximate surface area is 213 Å². The van der Waals surface area contributed by atoms with E-state index in [2.05, 4.69) is 58.0 Å². The van der Waals surface area contributed by atoms with Crippen LogP contribution >= 0.6 is 35.6 Å². The molecule has 1 aromatic heterocycles. The van der Waals surface area contributed by atoms with Gasteiger partial charge in [0, 0.05) is 21.3 Å². The van der Waals surface area contributed by atoms with Crippen LogP contribution in [0.15, 0.2) is 78.9 Å². The van der Waals surface area contributed by atoms with Crippen molar-refractivity contribution in [3.8, 4) is 0 Å². The fraction of sp³-hybridized carbons (Fsp3) is 0.0800. The van der Waals surface area contributed by atoms with Crippen LogP contribution in [0.2, 0.25) is 10.0 Å². The third-order valence-electron chi connectivity index (χ3n) is 5.35. The summed E-state index contributed by atoms with van der Waals surface area (Å²) >= 11 is 12.1. The average Bonchev–Trinajstić information content (AvgIpc) is 3.22. The Balaban J connectivity index is 0.00000274. The number of nitrogens with zero attached hydrogens (tertiary/aromatic N) is 3. The maximum absolute atomic E-state index is 12.7. The van der Waals surface area contributed by atoms with Crippen LogP contribution < -0.4 is 10.6 Å². The number of aromatic nitrogens is 3. The number of carbonyl (C=O) groups is 1. The summed E-state index contributed by atoms with van der Waals surface area (Å²) in [6.07, 6.45) is 2.08. The maximum atomic E-state index is 12.7. The van der Waals surface area contributed by atoms with Gasteiger partial charge in [0.25, 0.3) is 11.9 Å². The van der Waals surface area contributed by atoms with Gasteiger partial charge in [0.05, 0.1) is 0 Å². The van der Waals surface area contributed by atoms with E-state index in [1.54, 1.807) is 28.9 Å².